The molecule has 2 fully saturated rings. The molecule has 3 heterocycles. The van der Waals surface area contributed by atoms with Crippen molar-refractivity contribution >= 4 is 51.2 Å². The van der Waals surface area contributed by atoms with Crippen LogP contribution in [0.3, 0.4) is 0 Å². The second-order valence-corrected chi connectivity index (χ2v) is 11.4. The Hall–Kier alpha value is -4.49. The maximum Gasteiger partial charge on any atom is 0.330 e. The molecule has 2 saturated heterocycles. The van der Waals surface area contributed by atoms with E-state index in [0.29, 0.717) is 5.69 Å². The van der Waals surface area contributed by atoms with Crippen molar-refractivity contribution in [3.05, 3.63) is 136 Å². The molecule has 202 valence electrons. The summed E-state index contributed by atoms with van der Waals surface area (Å²) in [6, 6.07) is 32.5. The van der Waals surface area contributed by atoms with Gasteiger partial charge in [-0.1, -0.05) is 107 Å². The summed E-state index contributed by atoms with van der Waals surface area (Å²) in [7, 11) is 0. The second kappa shape index (κ2) is 10.2. The number of para-hydroxylation sites is 1. The first-order valence-corrected chi connectivity index (χ1v) is 14.3. The van der Waals surface area contributed by atoms with Gasteiger partial charge in [-0.25, -0.2) is 9.69 Å². The number of nitrogens with zero attached hydrogens (tertiary/aromatic N) is 2. The number of benzene rings is 4. The fourth-order valence-corrected chi connectivity index (χ4v) is 6.66. The fourth-order valence-electron chi connectivity index (χ4n) is 6.40. The smallest absolute Gasteiger partial charge is 0.330 e. The average Bonchev–Trinajstić information content (AvgIpc) is 3.49. The number of ether oxygens (including phenoxy) is 1. The zero-order chi connectivity index (χ0) is 28.1. The van der Waals surface area contributed by atoms with E-state index in [9.17, 15) is 14.4 Å². The minimum Gasteiger partial charge on any atom is -0.451 e. The van der Waals surface area contributed by atoms with Crippen molar-refractivity contribution in [3.63, 3.8) is 0 Å². The molecule has 3 aliphatic rings. The van der Waals surface area contributed by atoms with Gasteiger partial charge in [0.1, 0.15) is 6.04 Å². The molecule has 0 aliphatic carbocycles. The number of carbonyl (C=O) groups excluding carboxylic acids is 3. The highest BCUT2D eigenvalue weighted by Crippen LogP contribution is 2.49. The van der Waals surface area contributed by atoms with E-state index in [0.717, 1.165) is 26.9 Å². The van der Waals surface area contributed by atoms with Crippen LogP contribution < -0.4 is 9.80 Å². The van der Waals surface area contributed by atoms with Gasteiger partial charge in [-0.15, -0.1) is 0 Å². The van der Waals surface area contributed by atoms with Gasteiger partial charge >= 0.3 is 5.97 Å². The lowest BCUT2D eigenvalue weighted by atomic mass is 9.88. The van der Waals surface area contributed by atoms with Crippen LogP contribution in [-0.2, 0) is 19.1 Å². The lowest BCUT2D eigenvalue weighted by Crippen LogP contribution is -2.49. The first kappa shape index (κ1) is 25.5. The lowest BCUT2D eigenvalue weighted by Gasteiger charge is -2.36. The second-order valence-electron chi connectivity index (χ2n) is 10.4. The SMILES string of the molecule is O=C(OC(c1ccccc1)c1ccccc1)[C@H]1[C@@H]2C(=O)N(c3ccc(Br)cc3)C(=O)[C@@H]2[C@H]2C=Cc3ccccc3N21. The van der Waals surface area contributed by atoms with Gasteiger partial charge < -0.3 is 9.64 Å². The Morgan fingerprint density at radius 1 is 0.732 bits per heavy atom. The van der Waals surface area contributed by atoms with Gasteiger partial charge in [-0.05, 0) is 47.0 Å². The number of halogens is 1. The number of hydrogen-bond acceptors (Lipinski definition) is 5. The summed E-state index contributed by atoms with van der Waals surface area (Å²) >= 11 is 3.42. The Morgan fingerprint density at radius 3 is 1.98 bits per heavy atom. The Kier molecular flexibility index (Phi) is 6.31. The summed E-state index contributed by atoms with van der Waals surface area (Å²) < 4.78 is 7.17. The first-order chi connectivity index (χ1) is 20.0. The summed E-state index contributed by atoms with van der Waals surface area (Å²) in [6.45, 7) is 0. The molecule has 0 spiro atoms. The first-order valence-electron chi connectivity index (χ1n) is 13.5. The maximum absolute atomic E-state index is 14.4. The van der Waals surface area contributed by atoms with Crippen LogP contribution in [0.15, 0.2) is 120 Å². The van der Waals surface area contributed by atoms with Gasteiger partial charge in [0, 0.05) is 10.2 Å². The number of imide groups is 1. The van der Waals surface area contributed by atoms with Gasteiger partial charge in [0.05, 0.1) is 23.6 Å². The highest BCUT2D eigenvalue weighted by molar-refractivity contribution is 9.10. The summed E-state index contributed by atoms with van der Waals surface area (Å²) in [4.78, 5) is 45.6. The van der Waals surface area contributed by atoms with Crippen LogP contribution in [0.5, 0.6) is 0 Å². The minimum absolute atomic E-state index is 0.306. The number of amides is 2. The monoisotopic (exact) mass is 604 g/mol. The normalized spacial score (nSPS) is 22.5. The molecule has 0 bridgehead atoms. The van der Waals surface area contributed by atoms with Crippen LogP contribution in [0.2, 0.25) is 0 Å². The summed E-state index contributed by atoms with van der Waals surface area (Å²) in [5, 5.41) is 0. The topological polar surface area (TPSA) is 66.9 Å². The molecule has 2 amide bonds. The van der Waals surface area contributed by atoms with E-state index in [-0.39, 0.29) is 11.8 Å². The number of fused-ring (bicyclic) bond motifs is 5. The Morgan fingerprint density at radius 2 is 1.32 bits per heavy atom. The molecule has 3 aliphatic heterocycles. The molecular formula is C34H25BrN2O4. The third-order valence-corrected chi connectivity index (χ3v) is 8.71. The molecule has 0 aromatic heterocycles. The Balaban J connectivity index is 1.32. The van der Waals surface area contributed by atoms with Crippen molar-refractivity contribution < 1.29 is 19.1 Å². The molecule has 41 heavy (non-hydrogen) atoms. The number of hydrogen-bond donors (Lipinski definition) is 0. The van der Waals surface area contributed by atoms with Gasteiger partial charge in [0.15, 0.2) is 6.10 Å². The van der Waals surface area contributed by atoms with E-state index in [1.807, 2.05) is 102 Å². The number of esters is 1. The average molecular weight is 605 g/mol. The largest absolute Gasteiger partial charge is 0.451 e. The molecular weight excluding hydrogens is 580 g/mol. The van der Waals surface area contributed by atoms with Crippen LogP contribution in [0.1, 0.15) is 22.8 Å². The lowest BCUT2D eigenvalue weighted by molar-refractivity contribution is -0.151. The number of anilines is 2. The highest BCUT2D eigenvalue weighted by Gasteiger charge is 2.65. The van der Waals surface area contributed by atoms with Crippen molar-refractivity contribution in [1.82, 2.24) is 0 Å². The van der Waals surface area contributed by atoms with E-state index < -0.39 is 36.0 Å². The van der Waals surface area contributed by atoms with Crippen molar-refractivity contribution in [3.8, 4) is 0 Å². The zero-order valence-electron chi connectivity index (χ0n) is 21.8. The van der Waals surface area contributed by atoms with Crippen LogP contribution in [0.25, 0.3) is 6.08 Å². The van der Waals surface area contributed by atoms with Gasteiger partial charge in [0.2, 0.25) is 11.8 Å². The van der Waals surface area contributed by atoms with Crippen LogP contribution in [0, 0.1) is 11.8 Å². The molecule has 0 N–H and O–H groups in total. The van der Waals surface area contributed by atoms with Gasteiger partial charge in [-0.2, -0.15) is 0 Å². The highest BCUT2D eigenvalue weighted by atomic mass is 79.9. The summed E-state index contributed by atoms with van der Waals surface area (Å²) in [5.74, 6) is -2.85. The molecule has 7 rings (SSSR count). The zero-order valence-corrected chi connectivity index (χ0v) is 23.4. The van der Waals surface area contributed by atoms with E-state index in [2.05, 4.69) is 15.9 Å². The van der Waals surface area contributed by atoms with E-state index in [1.54, 1.807) is 24.3 Å². The van der Waals surface area contributed by atoms with E-state index in [4.69, 9.17) is 4.74 Å². The summed E-state index contributed by atoms with van der Waals surface area (Å²) in [5.41, 5.74) is 3.87. The fraction of sp³-hybridized carbons (Fsp3) is 0.147. The molecule has 7 heteroatoms. The van der Waals surface area contributed by atoms with E-state index in [1.165, 1.54) is 4.90 Å². The van der Waals surface area contributed by atoms with Crippen LogP contribution >= 0.6 is 15.9 Å². The van der Waals surface area contributed by atoms with Crippen molar-refractivity contribution in [2.75, 3.05) is 9.80 Å². The number of rotatable bonds is 5. The van der Waals surface area contributed by atoms with Gasteiger partial charge in [0.25, 0.3) is 0 Å². The van der Waals surface area contributed by atoms with E-state index >= 15 is 0 Å². The Bertz CT molecular complexity index is 1630. The summed E-state index contributed by atoms with van der Waals surface area (Å²) in [6.07, 6.45) is 3.24. The third-order valence-electron chi connectivity index (χ3n) is 8.18. The third kappa shape index (κ3) is 4.19. The van der Waals surface area contributed by atoms with Crippen LogP contribution in [0.4, 0.5) is 11.4 Å². The molecule has 4 atom stereocenters. The number of carbonyl (C=O) groups is 3. The Labute approximate surface area is 246 Å². The quantitative estimate of drug-likeness (QED) is 0.201. The standard InChI is InChI=1S/C34H25BrN2O4/c35-24-16-18-25(19-17-24)36-32(38)28-27-20-15-21-9-7-8-14-26(21)37(27)30(29(28)33(36)39)34(40)41-31(22-10-3-1-4-11-22)23-12-5-2-6-13-23/h1-20,27-31H/t27-,28-,29-,30-/m1/s1. The van der Waals surface area contributed by atoms with Gasteiger partial charge in [-0.3, -0.25) is 9.59 Å². The van der Waals surface area contributed by atoms with Crippen molar-refractivity contribution in [1.29, 1.82) is 0 Å². The minimum atomic E-state index is -0.983. The molecule has 0 radical (unpaired) electrons. The molecule has 6 nitrogen and oxygen atoms in total. The molecule has 4 aromatic rings. The maximum atomic E-state index is 14.4. The predicted molar refractivity (Wildman–Crippen MR) is 160 cm³/mol. The molecule has 4 aromatic carbocycles. The van der Waals surface area contributed by atoms with Crippen LogP contribution in [-0.4, -0.2) is 29.9 Å². The van der Waals surface area contributed by atoms with Crippen molar-refractivity contribution in [2.45, 2.75) is 18.2 Å². The molecule has 0 unspecified atom stereocenters. The predicted octanol–water partition coefficient (Wildman–Crippen LogP) is 6.17. The van der Waals surface area contributed by atoms with Crippen molar-refractivity contribution in [2.24, 2.45) is 11.8 Å². The molecule has 0 saturated carbocycles.